The topological polar surface area (TPSA) is 35.5 Å². The number of carbonyl (C=O) groups excluding carboxylic acids is 1. The van der Waals surface area contributed by atoms with Crippen molar-refractivity contribution < 1.29 is 14.3 Å². The van der Waals surface area contributed by atoms with E-state index in [9.17, 15) is 4.79 Å². The lowest BCUT2D eigenvalue weighted by Crippen LogP contribution is -2.40. The van der Waals surface area contributed by atoms with Crippen LogP contribution in [0.15, 0.2) is 0 Å². The van der Waals surface area contributed by atoms with Gasteiger partial charge in [0.25, 0.3) is 0 Å². The van der Waals surface area contributed by atoms with E-state index in [0.717, 1.165) is 17.9 Å². The summed E-state index contributed by atoms with van der Waals surface area (Å²) < 4.78 is 11.0. The summed E-state index contributed by atoms with van der Waals surface area (Å²) >= 11 is 1.78. The van der Waals surface area contributed by atoms with Crippen molar-refractivity contribution in [3.63, 3.8) is 0 Å². The van der Waals surface area contributed by atoms with E-state index in [1.54, 1.807) is 11.8 Å². The molecule has 0 aromatic rings. The van der Waals surface area contributed by atoms with E-state index >= 15 is 0 Å². The third-order valence-electron chi connectivity index (χ3n) is 3.60. The summed E-state index contributed by atoms with van der Waals surface area (Å²) in [5.74, 6) is 2.37. The zero-order valence-electron chi connectivity index (χ0n) is 12.2. The van der Waals surface area contributed by atoms with E-state index in [1.807, 2.05) is 6.92 Å². The molecule has 106 valence electrons. The van der Waals surface area contributed by atoms with E-state index in [4.69, 9.17) is 9.47 Å². The van der Waals surface area contributed by atoms with Crippen molar-refractivity contribution in [2.24, 2.45) is 17.3 Å². The second kappa shape index (κ2) is 6.80. The Bertz CT molecular complexity index is 272. The molecule has 1 saturated heterocycles. The highest BCUT2D eigenvalue weighted by Gasteiger charge is 2.40. The Morgan fingerprint density at radius 2 is 2.11 bits per heavy atom. The molecule has 0 N–H and O–H groups in total. The van der Waals surface area contributed by atoms with Crippen molar-refractivity contribution in [2.75, 3.05) is 18.1 Å². The molecule has 0 aromatic carbocycles. The van der Waals surface area contributed by atoms with Crippen LogP contribution in [-0.2, 0) is 14.3 Å². The molecule has 1 rings (SSSR count). The van der Waals surface area contributed by atoms with E-state index in [1.165, 1.54) is 0 Å². The molecule has 2 unspecified atom stereocenters. The normalized spacial score (nSPS) is 24.1. The van der Waals surface area contributed by atoms with Crippen LogP contribution in [-0.4, -0.2) is 30.4 Å². The zero-order chi connectivity index (χ0) is 13.8. The minimum absolute atomic E-state index is 0.112. The van der Waals surface area contributed by atoms with Gasteiger partial charge in [-0.1, -0.05) is 27.7 Å². The minimum atomic E-state index is -0.417. The predicted molar refractivity (Wildman–Crippen MR) is 75.6 cm³/mol. The summed E-state index contributed by atoms with van der Waals surface area (Å²) in [6.45, 7) is 11.1. The fourth-order valence-electron chi connectivity index (χ4n) is 2.19. The smallest absolute Gasteiger partial charge is 0.314 e. The largest absolute Gasteiger partial charge is 0.434 e. The first kappa shape index (κ1) is 15.8. The molecule has 0 aromatic heterocycles. The highest BCUT2D eigenvalue weighted by atomic mass is 32.2. The minimum Gasteiger partial charge on any atom is -0.434 e. The Kier molecular flexibility index (Phi) is 5.99. The van der Waals surface area contributed by atoms with E-state index in [0.29, 0.717) is 12.5 Å². The van der Waals surface area contributed by atoms with Crippen molar-refractivity contribution in [1.82, 2.24) is 0 Å². The van der Waals surface area contributed by atoms with Crippen molar-refractivity contribution >= 4 is 17.7 Å². The lowest BCUT2D eigenvalue weighted by Gasteiger charge is -2.35. The molecule has 4 heteroatoms. The van der Waals surface area contributed by atoms with Crippen molar-refractivity contribution in [3.05, 3.63) is 0 Å². The van der Waals surface area contributed by atoms with Gasteiger partial charge in [0.15, 0.2) is 0 Å². The molecule has 0 amide bonds. The lowest BCUT2D eigenvalue weighted by atomic mass is 9.73. The van der Waals surface area contributed by atoms with Crippen LogP contribution >= 0.6 is 11.8 Å². The van der Waals surface area contributed by atoms with Gasteiger partial charge in [-0.3, -0.25) is 4.79 Å². The van der Waals surface area contributed by atoms with Gasteiger partial charge < -0.3 is 9.47 Å². The zero-order valence-corrected chi connectivity index (χ0v) is 13.0. The first-order valence-electron chi connectivity index (χ1n) is 6.76. The highest BCUT2D eigenvalue weighted by Crippen LogP contribution is 2.36. The maximum atomic E-state index is 12.4. The Morgan fingerprint density at radius 3 is 2.56 bits per heavy atom. The van der Waals surface area contributed by atoms with Crippen molar-refractivity contribution in [3.8, 4) is 0 Å². The van der Waals surface area contributed by atoms with Gasteiger partial charge in [-0.05, 0) is 25.2 Å². The number of hydrogen-bond acceptors (Lipinski definition) is 4. The summed E-state index contributed by atoms with van der Waals surface area (Å²) in [6.07, 6.45) is 0.491. The molecule has 0 radical (unpaired) electrons. The number of hydrogen-bond donors (Lipinski definition) is 0. The standard InChI is InChI=1S/C14H26O3S/c1-10(2)8-14(5,11(3)4)13(15)17-12-9-18-7-6-16-12/h10-12H,6-9H2,1-5H3. The van der Waals surface area contributed by atoms with Gasteiger partial charge in [0.1, 0.15) is 0 Å². The summed E-state index contributed by atoms with van der Waals surface area (Å²) in [5, 5.41) is 0. The van der Waals surface area contributed by atoms with E-state index in [2.05, 4.69) is 27.7 Å². The molecule has 3 nitrogen and oxygen atoms in total. The molecular formula is C14H26O3S. The van der Waals surface area contributed by atoms with Gasteiger partial charge in [0.2, 0.25) is 6.29 Å². The van der Waals surface area contributed by atoms with Gasteiger partial charge in [0, 0.05) is 5.75 Å². The van der Waals surface area contributed by atoms with E-state index in [-0.39, 0.29) is 18.2 Å². The second-order valence-corrected chi connectivity index (χ2v) is 7.10. The Balaban J connectivity index is 2.64. The summed E-state index contributed by atoms with van der Waals surface area (Å²) in [7, 11) is 0. The SMILES string of the molecule is CC(C)CC(C)(C(=O)OC1CSCCO1)C(C)C. The first-order valence-corrected chi connectivity index (χ1v) is 7.92. The number of thioether (sulfide) groups is 1. The third kappa shape index (κ3) is 4.16. The quantitative estimate of drug-likeness (QED) is 0.720. The van der Waals surface area contributed by atoms with Crippen LogP contribution in [0.25, 0.3) is 0 Å². The van der Waals surface area contributed by atoms with Crippen LogP contribution in [0.5, 0.6) is 0 Å². The predicted octanol–water partition coefficient (Wildman–Crippen LogP) is 3.33. The summed E-state index contributed by atoms with van der Waals surface area (Å²) in [6, 6.07) is 0. The summed E-state index contributed by atoms with van der Waals surface area (Å²) in [4.78, 5) is 12.4. The van der Waals surface area contributed by atoms with Crippen LogP contribution in [0.1, 0.15) is 41.0 Å². The molecule has 2 atom stereocenters. The number of ether oxygens (including phenoxy) is 2. The van der Waals surface area contributed by atoms with Gasteiger partial charge in [-0.15, -0.1) is 0 Å². The van der Waals surface area contributed by atoms with E-state index < -0.39 is 5.41 Å². The van der Waals surface area contributed by atoms with Crippen LogP contribution < -0.4 is 0 Å². The Labute approximate surface area is 115 Å². The van der Waals surface area contributed by atoms with Crippen molar-refractivity contribution in [2.45, 2.75) is 47.3 Å². The molecule has 0 aliphatic carbocycles. The first-order chi connectivity index (χ1) is 8.36. The fourth-order valence-corrected chi connectivity index (χ4v) is 2.93. The molecular weight excluding hydrogens is 248 g/mol. The maximum Gasteiger partial charge on any atom is 0.314 e. The molecule has 0 bridgehead atoms. The van der Waals surface area contributed by atoms with Crippen molar-refractivity contribution in [1.29, 1.82) is 0 Å². The van der Waals surface area contributed by atoms with Gasteiger partial charge >= 0.3 is 5.97 Å². The molecule has 0 saturated carbocycles. The second-order valence-electron chi connectivity index (χ2n) is 5.95. The number of esters is 1. The molecule has 18 heavy (non-hydrogen) atoms. The summed E-state index contributed by atoms with van der Waals surface area (Å²) in [5.41, 5.74) is -0.417. The van der Waals surface area contributed by atoms with Gasteiger partial charge in [-0.2, -0.15) is 11.8 Å². The molecule has 1 aliphatic rings. The van der Waals surface area contributed by atoms with Crippen LogP contribution in [0.2, 0.25) is 0 Å². The van der Waals surface area contributed by atoms with Crippen LogP contribution in [0.3, 0.4) is 0 Å². The van der Waals surface area contributed by atoms with Crippen LogP contribution in [0.4, 0.5) is 0 Å². The molecule has 1 fully saturated rings. The molecule has 1 heterocycles. The maximum absolute atomic E-state index is 12.4. The molecule has 1 aliphatic heterocycles. The van der Waals surface area contributed by atoms with Gasteiger partial charge in [0.05, 0.1) is 17.8 Å². The highest BCUT2D eigenvalue weighted by molar-refractivity contribution is 7.99. The third-order valence-corrected chi connectivity index (χ3v) is 4.56. The Morgan fingerprint density at radius 1 is 1.44 bits per heavy atom. The van der Waals surface area contributed by atoms with Gasteiger partial charge in [-0.25, -0.2) is 0 Å². The lowest BCUT2D eigenvalue weighted by molar-refractivity contribution is -0.188. The average Bonchev–Trinajstić information content (AvgIpc) is 2.29. The Hall–Kier alpha value is -0.220. The average molecular weight is 274 g/mol. The molecule has 0 spiro atoms. The van der Waals surface area contributed by atoms with Crippen LogP contribution in [0, 0.1) is 17.3 Å². The number of carbonyl (C=O) groups is 1. The number of rotatable bonds is 5. The monoisotopic (exact) mass is 274 g/mol. The fraction of sp³-hybridized carbons (Fsp3) is 0.929.